The maximum absolute atomic E-state index is 13.0. The molecule has 1 fully saturated rings. The quantitative estimate of drug-likeness (QED) is 0.739. The monoisotopic (exact) mass is 443 g/mol. The van der Waals surface area contributed by atoms with Gasteiger partial charge in [-0.3, -0.25) is 4.79 Å². The van der Waals surface area contributed by atoms with Gasteiger partial charge in [-0.15, -0.1) is 0 Å². The number of sulfonamides is 1. The van der Waals surface area contributed by atoms with Gasteiger partial charge in [0.1, 0.15) is 11.5 Å². The van der Waals surface area contributed by atoms with E-state index in [9.17, 15) is 13.2 Å². The Labute approximate surface area is 181 Å². The molecule has 1 unspecified atom stereocenters. The van der Waals surface area contributed by atoms with Gasteiger partial charge in [0.2, 0.25) is 10.0 Å². The van der Waals surface area contributed by atoms with Crippen molar-refractivity contribution in [1.29, 1.82) is 0 Å². The molecule has 1 atom stereocenters. The van der Waals surface area contributed by atoms with Crippen LogP contribution >= 0.6 is 0 Å². The molecule has 2 heterocycles. The van der Waals surface area contributed by atoms with E-state index >= 15 is 0 Å². The van der Waals surface area contributed by atoms with E-state index in [4.69, 9.17) is 9.57 Å². The van der Waals surface area contributed by atoms with Crippen LogP contribution in [0.15, 0.2) is 58.6 Å². The average molecular weight is 444 g/mol. The molecule has 1 amide bonds. The van der Waals surface area contributed by atoms with Gasteiger partial charge in [0.25, 0.3) is 5.91 Å². The van der Waals surface area contributed by atoms with Crippen LogP contribution in [0.1, 0.15) is 37.4 Å². The van der Waals surface area contributed by atoms with Crippen molar-refractivity contribution in [1.82, 2.24) is 4.31 Å². The van der Waals surface area contributed by atoms with Crippen LogP contribution in [0.4, 0.5) is 5.69 Å². The zero-order chi connectivity index (χ0) is 21.8. The minimum absolute atomic E-state index is 0.122. The molecule has 0 spiro atoms. The number of methoxy groups -OCH3 is 1. The maximum Gasteiger partial charge on any atom is 0.273 e. The van der Waals surface area contributed by atoms with Crippen LogP contribution in [0.3, 0.4) is 0 Å². The third-order valence-electron chi connectivity index (χ3n) is 5.47. The van der Waals surface area contributed by atoms with Crippen molar-refractivity contribution in [3.05, 3.63) is 54.1 Å². The van der Waals surface area contributed by atoms with Gasteiger partial charge in [0, 0.05) is 19.5 Å². The number of ether oxygens (including phenoxy) is 1. The Kier molecular flexibility index (Phi) is 6.24. The molecule has 1 saturated heterocycles. The first-order valence-corrected chi connectivity index (χ1v) is 11.7. The molecule has 1 N–H and O–H groups in total. The maximum atomic E-state index is 13.0. The normalized spacial score (nSPS) is 19.4. The van der Waals surface area contributed by atoms with Crippen LogP contribution < -0.4 is 10.1 Å². The lowest BCUT2D eigenvalue weighted by molar-refractivity contribution is -0.110. The number of amides is 1. The molecule has 0 radical (unpaired) electrons. The SMILES string of the molecule is COc1ccc(S(=O)(=O)N2CCCCC2)cc1NC(=O)C1=NOC(c2ccccc2)C1. The predicted molar refractivity (Wildman–Crippen MR) is 117 cm³/mol. The van der Waals surface area contributed by atoms with Gasteiger partial charge in [-0.2, -0.15) is 4.31 Å². The van der Waals surface area contributed by atoms with E-state index in [1.165, 1.54) is 23.5 Å². The first-order valence-electron chi connectivity index (χ1n) is 10.3. The van der Waals surface area contributed by atoms with Crippen molar-refractivity contribution in [2.24, 2.45) is 5.16 Å². The van der Waals surface area contributed by atoms with E-state index in [0.717, 1.165) is 24.8 Å². The summed E-state index contributed by atoms with van der Waals surface area (Å²) in [5, 5.41) is 6.66. The van der Waals surface area contributed by atoms with Crippen molar-refractivity contribution in [2.75, 3.05) is 25.5 Å². The largest absolute Gasteiger partial charge is 0.495 e. The fourth-order valence-corrected chi connectivity index (χ4v) is 5.30. The van der Waals surface area contributed by atoms with Gasteiger partial charge in [0.15, 0.2) is 6.10 Å². The number of carbonyl (C=O) groups excluding carboxylic acids is 1. The number of rotatable bonds is 6. The van der Waals surface area contributed by atoms with Gasteiger partial charge in [-0.25, -0.2) is 8.42 Å². The molecule has 0 aliphatic carbocycles. The molecule has 2 aliphatic heterocycles. The Balaban J connectivity index is 1.51. The van der Waals surface area contributed by atoms with Crippen LogP contribution in [0.25, 0.3) is 0 Å². The number of nitrogens with one attached hydrogen (secondary N) is 1. The van der Waals surface area contributed by atoms with E-state index in [-0.39, 0.29) is 22.4 Å². The van der Waals surface area contributed by atoms with Gasteiger partial charge in [-0.1, -0.05) is 41.9 Å². The summed E-state index contributed by atoms with van der Waals surface area (Å²) >= 11 is 0. The molecule has 0 saturated carbocycles. The number of hydrogen-bond donors (Lipinski definition) is 1. The summed E-state index contributed by atoms with van der Waals surface area (Å²) in [5.74, 6) is -0.0886. The fourth-order valence-electron chi connectivity index (χ4n) is 3.75. The summed E-state index contributed by atoms with van der Waals surface area (Å²) in [4.78, 5) is 18.3. The number of benzene rings is 2. The third kappa shape index (κ3) is 4.57. The number of hydrogen-bond acceptors (Lipinski definition) is 6. The molecule has 0 bridgehead atoms. The van der Waals surface area contributed by atoms with E-state index in [1.54, 1.807) is 6.07 Å². The Morgan fingerprint density at radius 2 is 1.87 bits per heavy atom. The van der Waals surface area contributed by atoms with Crippen molar-refractivity contribution in [3.63, 3.8) is 0 Å². The number of oxime groups is 1. The topological polar surface area (TPSA) is 97.3 Å². The van der Waals surface area contributed by atoms with E-state index in [2.05, 4.69) is 10.5 Å². The number of carbonyl (C=O) groups is 1. The fraction of sp³-hybridized carbons (Fsp3) is 0.364. The van der Waals surface area contributed by atoms with Crippen LogP contribution in [0, 0.1) is 0 Å². The Hall–Kier alpha value is -2.91. The highest BCUT2D eigenvalue weighted by Crippen LogP contribution is 2.31. The number of nitrogens with zero attached hydrogens (tertiary/aromatic N) is 2. The Morgan fingerprint density at radius 1 is 1.13 bits per heavy atom. The first-order chi connectivity index (χ1) is 15.0. The van der Waals surface area contributed by atoms with Crippen molar-refractivity contribution in [3.8, 4) is 5.75 Å². The average Bonchev–Trinajstić information content (AvgIpc) is 3.31. The highest BCUT2D eigenvalue weighted by atomic mass is 32.2. The van der Waals surface area contributed by atoms with Crippen LogP contribution in [0.5, 0.6) is 5.75 Å². The summed E-state index contributed by atoms with van der Waals surface area (Å²) in [6, 6.07) is 14.0. The van der Waals surface area contributed by atoms with Gasteiger partial charge < -0.3 is 14.9 Å². The molecule has 2 aromatic rings. The molecule has 2 aliphatic rings. The third-order valence-corrected chi connectivity index (χ3v) is 7.37. The van der Waals surface area contributed by atoms with Gasteiger partial charge >= 0.3 is 0 Å². The summed E-state index contributed by atoms with van der Waals surface area (Å²) in [6.07, 6.45) is 2.73. The Morgan fingerprint density at radius 3 is 2.58 bits per heavy atom. The minimum atomic E-state index is -3.64. The second kappa shape index (κ2) is 9.07. The molecule has 31 heavy (non-hydrogen) atoms. The molecule has 2 aromatic carbocycles. The standard InChI is InChI=1S/C22H25N3O5S/c1-29-20-11-10-17(31(27,28)25-12-6-3-7-13-25)14-18(20)23-22(26)19-15-21(30-24-19)16-8-4-2-5-9-16/h2,4-5,8-11,14,21H,3,6-7,12-13,15H2,1H3,(H,23,26). The lowest BCUT2D eigenvalue weighted by Crippen LogP contribution is -2.35. The Bertz CT molecular complexity index is 1080. The van der Waals surface area contributed by atoms with Crippen LogP contribution in [0.2, 0.25) is 0 Å². The van der Waals surface area contributed by atoms with Crippen LogP contribution in [-0.4, -0.2) is 44.5 Å². The lowest BCUT2D eigenvalue weighted by Gasteiger charge is -2.26. The van der Waals surface area contributed by atoms with E-state index < -0.39 is 15.9 Å². The second-order valence-corrected chi connectivity index (χ2v) is 9.47. The van der Waals surface area contributed by atoms with Crippen molar-refractivity contribution >= 4 is 27.3 Å². The van der Waals surface area contributed by atoms with E-state index in [0.29, 0.717) is 25.3 Å². The summed E-state index contributed by atoms with van der Waals surface area (Å²) in [5.41, 5.74) is 1.44. The zero-order valence-electron chi connectivity index (χ0n) is 17.3. The highest BCUT2D eigenvalue weighted by Gasteiger charge is 2.29. The molecule has 0 aromatic heterocycles. The lowest BCUT2D eigenvalue weighted by atomic mass is 10.0. The summed E-state index contributed by atoms with van der Waals surface area (Å²) in [6.45, 7) is 1.01. The van der Waals surface area contributed by atoms with Crippen molar-refractivity contribution < 1.29 is 22.8 Å². The van der Waals surface area contributed by atoms with Gasteiger partial charge in [-0.05, 0) is 36.6 Å². The summed E-state index contributed by atoms with van der Waals surface area (Å²) < 4.78 is 32.8. The van der Waals surface area contributed by atoms with Crippen LogP contribution in [-0.2, 0) is 19.7 Å². The number of anilines is 1. The highest BCUT2D eigenvalue weighted by molar-refractivity contribution is 7.89. The molecule has 8 nitrogen and oxygen atoms in total. The molecule has 164 valence electrons. The predicted octanol–water partition coefficient (Wildman–Crippen LogP) is 3.33. The minimum Gasteiger partial charge on any atom is -0.495 e. The zero-order valence-corrected chi connectivity index (χ0v) is 18.1. The first kappa shape index (κ1) is 21.3. The van der Waals surface area contributed by atoms with Crippen molar-refractivity contribution in [2.45, 2.75) is 36.7 Å². The number of piperidine rings is 1. The molecular weight excluding hydrogens is 418 g/mol. The van der Waals surface area contributed by atoms with Gasteiger partial charge in [0.05, 0.1) is 17.7 Å². The summed E-state index contributed by atoms with van der Waals surface area (Å²) in [7, 11) is -2.17. The smallest absolute Gasteiger partial charge is 0.273 e. The van der Waals surface area contributed by atoms with E-state index in [1.807, 2.05) is 30.3 Å². The molecule has 9 heteroatoms. The second-order valence-electron chi connectivity index (χ2n) is 7.53. The molecule has 4 rings (SSSR count). The molecular formula is C22H25N3O5S.